The summed E-state index contributed by atoms with van der Waals surface area (Å²) in [6, 6.07) is 15.2. The van der Waals surface area contributed by atoms with Gasteiger partial charge in [-0.1, -0.05) is 29.8 Å². The van der Waals surface area contributed by atoms with Crippen LogP contribution in [-0.4, -0.2) is 32.6 Å². The van der Waals surface area contributed by atoms with E-state index < -0.39 is 0 Å². The molecule has 2 heterocycles. The summed E-state index contributed by atoms with van der Waals surface area (Å²) in [7, 11) is 1.65. The molecule has 0 saturated heterocycles. The van der Waals surface area contributed by atoms with Gasteiger partial charge in [-0.3, -0.25) is 9.36 Å². The van der Waals surface area contributed by atoms with Gasteiger partial charge in [0.25, 0.3) is 5.56 Å². The lowest BCUT2D eigenvalue weighted by atomic mass is 10.2. The van der Waals surface area contributed by atoms with Crippen molar-refractivity contribution in [3.8, 4) is 5.69 Å². The molecule has 0 aliphatic rings. The first-order valence-electron chi connectivity index (χ1n) is 8.74. The first kappa shape index (κ1) is 18.8. The largest absolute Gasteiger partial charge is 0.384 e. The number of aryl methyl sites for hydroxylation is 1. The van der Waals surface area contributed by atoms with E-state index in [4.69, 9.17) is 9.72 Å². The van der Waals surface area contributed by atoms with E-state index in [0.29, 0.717) is 29.1 Å². The van der Waals surface area contributed by atoms with Crippen LogP contribution in [0.15, 0.2) is 62.8 Å². The molecule has 0 aliphatic carbocycles. The van der Waals surface area contributed by atoms with Crippen LogP contribution in [-0.2, 0) is 11.2 Å². The lowest BCUT2D eigenvalue weighted by molar-refractivity contribution is 0.200. The fraction of sp³-hybridized carbons (Fsp3) is 0.200. The second kappa shape index (κ2) is 8.22. The van der Waals surface area contributed by atoms with E-state index in [0.717, 1.165) is 21.4 Å². The molecule has 0 aliphatic heterocycles. The minimum atomic E-state index is -0.0962. The molecule has 0 atom stereocenters. The smallest absolute Gasteiger partial charge is 0.266 e. The summed E-state index contributed by atoms with van der Waals surface area (Å²) in [5, 5.41) is 1.16. The summed E-state index contributed by atoms with van der Waals surface area (Å²) in [6.07, 6.45) is 0.656. The Hall–Kier alpha value is -2.55. The molecule has 2 aromatic carbocycles. The van der Waals surface area contributed by atoms with Gasteiger partial charge in [-0.25, -0.2) is 9.97 Å². The number of methoxy groups -OCH3 is 1. The van der Waals surface area contributed by atoms with Gasteiger partial charge in [-0.05, 0) is 54.5 Å². The normalized spacial score (nSPS) is 11.2. The number of ether oxygens (including phenoxy) is 1. The van der Waals surface area contributed by atoms with Crippen LogP contribution in [0.4, 0.5) is 0 Å². The minimum absolute atomic E-state index is 0.0962. The fourth-order valence-corrected chi connectivity index (χ4v) is 4.43. The lowest BCUT2D eigenvalue weighted by Crippen LogP contribution is -2.21. The maximum Gasteiger partial charge on any atom is 0.266 e. The van der Waals surface area contributed by atoms with E-state index in [9.17, 15) is 4.79 Å². The third-order valence-electron chi connectivity index (χ3n) is 4.19. The summed E-state index contributed by atoms with van der Waals surface area (Å²) in [5.74, 6) is 0.736. The zero-order valence-electron chi connectivity index (χ0n) is 15.5. The van der Waals surface area contributed by atoms with Gasteiger partial charge in [0.1, 0.15) is 5.82 Å². The average molecular weight is 411 g/mol. The summed E-state index contributed by atoms with van der Waals surface area (Å²) < 4.78 is 11.8. The molecule has 0 N–H and O–H groups in total. The summed E-state index contributed by atoms with van der Waals surface area (Å²) >= 11 is 2.66. The van der Waals surface area contributed by atoms with Crippen LogP contribution >= 0.6 is 23.3 Å². The van der Waals surface area contributed by atoms with Crippen LogP contribution < -0.4 is 5.56 Å². The molecule has 4 aromatic rings. The number of hydrogen-bond acceptors (Lipinski definition) is 7. The molecular formula is C20H18N4O2S2. The Morgan fingerprint density at radius 3 is 2.68 bits per heavy atom. The maximum atomic E-state index is 13.2. The molecule has 0 unspecified atom stereocenters. The number of para-hydroxylation sites is 1. The molecule has 142 valence electrons. The van der Waals surface area contributed by atoms with Crippen LogP contribution in [0.3, 0.4) is 0 Å². The third kappa shape index (κ3) is 3.84. The van der Waals surface area contributed by atoms with Gasteiger partial charge in [0.05, 0.1) is 23.2 Å². The summed E-state index contributed by atoms with van der Waals surface area (Å²) in [5.41, 5.74) is 2.48. The van der Waals surface area contributed by atoms with Crippen LogP contribution in [0.5, 0.6) is 0 Å². The minimum Gasteiger partial charge on any atom is -0.384 e. The number of nitrogens with zero attached hydrogens (tertiary/aromatic N) is 4. The molecular weight excluding hydrogens is 392 g/mol. The number of aromatic nitrogens is 4. The predicted octanol–water partition coefficient (Wildman–Crippen LogP) is 3.89. The van der Waals surface area contributed by atoms with Gasteiger partial charge < -0.3 is 4.74 Å². The maximum absolute atomic E-state index is 13.2. The quantitative estimate of drug-likeness (QED) is 0.449. The van der Waals surface area contributed by atoms with Crippen molar-refractivity contribution in [3.63, 3.8) is 0 Å². The highest BCUT2D eigenvalue weighted by atomic mass is 32.2. The molecule has 4 rings (SSSR count). The highest BCUT2D eigenvalue weighted by Crippen LogP contribution is 2.29. The highest BCUT2D eigenvalue weighted by Gasteiger charge is 2.16. The Labute approximate surface area is 170 Å². The first-order valence-corrected chi connectivity index (χ1v) is 10.3. The zero-order chi connectivity index (χ0) is 19.5. The highest BCUT2D eigenvalue weighted by molar-refractivity contribution is 8.00. The van der Waals surface area contributed by atoms with Crippen molar-refractivity contribution < 1.29 is 4.74 Å². The average Bonchev–Trinajstić information content (AvgIpc) is 3.15. The molecule has 6 nitrogen and oxygen atoms in total. The van der Waals surface area contributed by atoms with Crippen molar-refractivity contribution in [1.29, 1.82) is 0 Å². The van der Waals surface area contributed by atoms with Crippen LogP contribution in [0.1, 0.15) is 11.4 Å². The van der Waals surface area contributed by atoms with E-state index in [1.807, 2.05) is 49.4 Å². The molecule has 0 spiro atoms. The number of rotatable bonds is 6. The van der Waals surface area contributed by atoms with Crippen LogP contribution in [0, 0.1) is 6.92 Å². The van der Waals surface area contributed by atoms with Gasteiger partial charge in [0.2, 0.25) is 0 Å². The second-order valence-electron chi connectivity index (χ2n) is 6.21. The van der Waals surface area contributed by atoms with E-state index in [2.05, 4.69) is 9.36 Å². The molecule has 0 amide bonds. The van der Waals surface area contributed by atoms with Crippen molar-refractivity contribution in [1.82, 2.24) is 18.9 Å². The molecule has 28 heavy (non-hydrogen) atoms. The van der Waals surface area contributed by atoms with Crippen LogP contribution in [0.25, 0.3) is 16.6 Å². The zero-order valence-corrected chi connectivity index (χ0v) is 17.1. The number of fused-ring (bicyclic) bond motifs is 1. The predicted molar refractivity (Wildman–Crippen MR) is 112 cm³/mol. The first-order chi connectivity index (χ1) is 13.7. The third-order valence-corrected chi connectivity index (χ3v) is 5.94. The number of hydrogen-bond donors (Lipinski definition) is 0. The van der Waals surface area contributed by atoms with E-state index in [1.165, 1.54) is 23.3 Å². The van der Waals surface area contributed by atoms with Crippen molar-refractivity contribution in [2.24, 2.45) is 0 Å². The van der Waals surface area contributed by atoms with Gasteiger partial charge in [-0.15, -0.1) is 0 Å². The van der Waals surface area contributed by atoms with Crippen molar-refractivity contribution in [3.05, 3.63) is 70.3 Å². The van der Waals surface area contributed by atoms with Gasteiger partial charge in [-0.2, -0.15) is 4.37 Å². The Balaban J connectivity index is 1.81. The number of benzene rings is 2. The lowest BCUT2D eigenvalue weighted by Gasteiger charge is -2.12. The fourth-order valence-electron chi connectivity index (χ4n) is 2.75. The molecule has 0 fully saturated rings. The van der Waals surface area contributed by atoms with Gasteiger partial charge in [0, 0.05) is 13.5 Å². The standard InChI is InChI=1S/C20H18N4O2S2/c1-13-7-9-14(10-8-13)24-18(25)15-5-3-4-6-16(15)21-19(24)27-20-22-17(23-28-20)11-12-26-2/h3-10H,11-12H2,1-2H3. The Bertz CT molecular complexity index is 1170. The molecule has 2 aromatic heterocycles. The topological polar surface area (TPSA) is 69.9 Å². The summed E-state index contributed by atoms with van der Waals surface area (Å²) in [4.78, 5) is 22.5. The van der Waals surface area contributed by atoms with Crippen molar-refractivity contribution in [2.75, 3.05) is 13.7 Å². The van der Waals surface area contributed by atoms with E-state index >= 15 is 0 Å². The Kier molecular flexibility index (Phi) is 5.52. The molecule has 8 heteroatoms. The van der Waals surface area contributed by atoms with Crippen LogP contribution in [0.2, 0.25) is 0 Å². The van der Waals surface area contributed by atoms with Crippen molar-refractivity contribution in [2.45, 2.75) is 22.8 Å². The summed E-state index contributed by atoms with van der Waals surface area (Å²) in [6.45, 7) is 2.59. The monoisotopic (exact) mass is 410 g/mol. The van der Waals surface area contributed by atoms with Gasteiger partial charge >= 0.3 is 0 Å². The molecule has 0 radical (unpaired) electrons. The Morgan fingerprint density at radius 2 is 1.89 bits per heavy atom. The van der Waals surface area contributed by atoms with E-state index in [-0.39, 0.29) is 5.56 Å². The Morgan fingerprint density at radius 1 is 1.11 bits per heavy atom. The molecule has 0 bridgehead atoms. The second-order valence-corrected chi connectivity index (χ2v) is 8.18. The SMILES string of the molecule is COCCc1nsc(Sc2nc3ccccc3c(=O)n2-c2ccc(C)cc2)n1. The molecule has 0 saturated carbocycles. The van der Waals surface area contributed by atoms with Gasteiger partial charge in [0.15, 0.2) is 9.50 Å². The van der Waals surface area contributed by atoms with Crippen molar-refractivity contribution >= 4 is 34.2 Å². The van der Waals surface area contributed by atoms with E-state index in [1.54, 1.807) is 17.7 Å².